The van der Waals surface area contributed by atoms with E-state index in [9.17, 15) is 14.7 Å². The van der Waals surface area contributed by atoms with E-state index in [1.807, 2.05) is 30.3 Å². The highest BCUT2D eigenvalue weighted by atomic mass is 16.3. The van der Waals surface area contributed by atoms with Gasteiger partial charge in [-0.05, 0) is 30.7 Å². The Hall–Kier alpha value is -3.21. The Labute approximate surface area is 133 Å². The number of carbonyl (C=O) groups is 2. The van der Waals surface area contributed by atoms with Crippen molar-refractivity contribution in [2.24, 2.45) is 5.10 Å². The van der Waals surface area contributed by atoms with E-state index >= 15 is 0 Å². The first kappa shape index (κ1) is 14.7. The van der Waals surface area contributed by atoms with Gasteiger partial charge in [0.15, 0.2) is 0 Å². The van der Waals surface area contributed by atoms with Crippen LogP contribution in [0.15, 0.2) is 65.3 Å². The number of phenols is 1. The molecule has 1 aliphatic heterocycles. The molecule has 0 spiro atoms. The van der Waals surface area contributed by atoms with Gasteiger partial charge < -0.3 is 5.11 Å². The smallest absolute Gasteiger partial charge is 0.285 e. The topological polar surface area (TPSA) is 70.0 Å². The Morgan fingerprint density at radius 1 is 1.09 bits per heavy atom. The highest BCUT2D eigenvalue weighted by molar-refractivity contribution is 6.30. The van der Waals surface area contributed by atoms with Crippen molar-refractivity contribution in [3.63, 3.8) is 0 Å². The third kappa shape index (κ3) is 2.76. The molecule has 0 saturated carbocycles. The number of hydrogen-bond acceptors (Lipinski definition) is 4. The number of aromatic hydroxyl groups is 1. The normalized spacial score (nSPS) is 15.9. The van der Waals surface area contributed by atoms with Crippen LogP contribution in [0.5, 0.6) is 5.75 Å². The zero-order valence-electron chi connectivity index (χ0n) is 12.4. The van der Waals surface area contributed by atoms with Gasteiger partial charge in [-0.2, -0.15) is 10.1 Å². The number of hydrazone groups is 1. The summed E-state index contributed by atoms with van der Waals surface area (Å²) in [7, 11) is 0. The van der Waals surface area contributed by atoms with Gasteiger partial charge in [-0.25, -0.2) is 0 Å². The molecular formula is C18H14N2O3. The van der Waals surface area contributed by atoms with Gasteiger partial charge in [-0.15, -0.1) is 0 Å². The van der Waals surface area contributed by atoms with E-state index in [4.69, 9.17) is 0 Å². The fraction of sp³-hybridized carbons (Fsp3) is 0.0556. The van der Waals surface area contributed by atoms with E-state index in [0.29, 0.717) is 11.3 Å². The van der Waals surface area contributed by atoms with Crippen molar-refractivity contribution in [3.8, 4) is 5.75 Å². The molecule has 23 heavy (non-hydrogen) atoms. The summed E-state index contributed by atoms with van der Waals surface area (Å²) in [6.45, 7) is 1.67. The average molecular weight is 306 g/mol. The minimum absolute atomic E-state index is 0.0401. The van der Waals surface area contributed by atoms with Crippen LogP contribution < -0.4 is 0 Å². The second-order valence-corrected chi connectivity index (χ2v) is 5.09. The maximum absolute atomic E-state index is 12.5. The summed E-state index contributed by atoms with van der Waals surface area (Å²) in [5.74, 6) is -1.33. The first-order valence-corrected chi connectivity index (χ1v) is 7.07. The number of para-hydroxylation sites is 1. The molecule has 0 aliphatic carbocycles. The minimum atomic E-state index is -0.649. The summed E-state index contributed by atoms with van der Waals surface area (Å²) in [5, 5.41) is 14.6. The fourth-order valence-corrected chi connectivity index (χ4v) is 2.31. The molecule has 0 atom stereocenters. The van der Waals surface area contributed by atoms with Crippen molar-refractivity contribution in [3.05, 3.63) is 71.3 Å². The number of phenolic OH excluding ortho intramolecular Hbond substituents is 1. The Morgan fingerprint density at radius 2 is 1.74 bits per heavy atom. The summed E-state index contributed by atoms with van der Waals surface area (Å²) in [6, 6.07) is 15.4. The van der Waals surface area contributed by atoms with Crippen molar-refractivity contribution in [1.29, 1.82) is 0 Å². The van der Waals surface area contributed by atoms with Gasteiger partial charge in [0.05, 0.1) is 16.8 Å². The third-order valence-electron chi connectivity index (χ3n) is 3.50. The summed E-state index contributed by atoms with van der Waals surface area (Å²) >= 11 is 0. The summed E-state index contributed by atoms with van der Waals surface area (Å²) < 4.78 is 0. The number of nitrogens with zero attached hydrogens (tertiary/aromatic N) is 2. The summed E-state index contributed by atoms with van der Waals surface area (Å²) in [5.41, 5.74) is 1.71. The van der Waals surface area contributed by atoms with Gasteiger partial charge in [-0.1, -0.05) is 42.5 Å². The highest BCUT2D eigenvalue weighted by Crippen LogP contribution is 2.24. The van der Waals surface area contributed by atoms with Crippen molar-refractivity contribution in [1.82, 2.24) is 5.01 Å². The molecule has 2 aromatic rings. The lowest BCUT2D eigenvalue weighted by molar-refractivity contribution is -0.123. The summed E-state index contributed by atoms with van der Waals surface area (Å²) in [4.78, 5) is 24.9. The van der Waals surface area contributed by atoms with E-state index in [0.717, 1.165) is 10.6 Å². The molecule has 1 aliphatic rings. The molecule has 114 valence electrons. The minimum Gasteiger partial charge on any atom is -0.507 e. The predicted octanol–water partition coefficient (Wildman–Crippen LogP) is 2.83. The quantitative estimate of drug-likeness (QED) is 0.685. The molecule has 1 N–H and O–H groups in total. The Balaban J connectivity index is 1.93. The standard InChI is InChI=1S/C18H14N2O3/c1-12-15(11-13-7-3-2-4-8-13)18(23)20(19-12)17(22)14-9-5-6-10-16(14)21/h2-11,21H,1H3/b15-11-. The van der Waals surface area contributed by atoms with Crippen LogP contribution in [0.3, 0.4) is 0 Å². The largest absolute Gasteiger partial charge is 0.507 e. The van der Waals surface area contributed by atoms with E-state index in [2.05, 4.69) is 5.10 Å². The third-order valence-corrected chi connectivity index (χ3v) is 3.50. The Kier molecular flexibility index (Phi) is 3.76. The van der Waals surface area contributed by atoms with Gasteiger partial charge in [-0.3, -0.25) is 9.59 Å². The van der Waals surface area contributed by atoms with Gasteiger partial charge in [0.1, 0.15) is 5.75 Å². The molecule has 0 saturated heterocycles. The van der Waals surface area contributed by atoms with E-state index < -0.39 is 11.8 Å². The van der Waals surface area contributed by atoms with Gasteiger partial charge in [0, 0.05) is 0 Å². The van der Waals surface area contributed by atoms with Gasteiger partial charge in [0.25, 0.3) is 11.8 Å². The zero-order chi connectivity index (χ0) is 16.4. The molecular weight excluding hydrogens is 292 g/mol. The molecule has 5 heteroatoms. The molecule has 0 bridgehead atoms. The molecule has 0 radical (unpaired) electrons. The van der Waals surface area contributed by atoms with Gasteiger partial charge >= 0.3 is 0 Å². The van der Waals surface area contributed by atoms with Crippen molar-refractivity contribution >= 4 is 23.6 Å². The van der Waals surface area contributed by atoms with Crippen LogP contribution in [0, 0.1) is 0 Å². The molecule has 0 fully saturated rings. The molecule has 1 heterocycles. The maximum Gasteiger partial charge on any atom is 0.285 e. The van der Waals surface area contributed by atoms with Crippen molar-refractivity contribution in [2.75, 3.05) is 0 Å². The highest BCUT2D eigenvalue weighted by Gasteiger charge is 2.33. The first-order chi connectivity index (χ1) is 11.1. The molecule has 5 nitrogen and oxygen atoms in total. The van der Waals surface area contributed by atoms with Crippen LogP contribution >= 0.6 is 0 Å². The van der Waals surface area contributed by atoms with E-state index in [-0.39, 0.29) is 11.3 Å². The maximum atomic E-state index is 12.5. The number of rotatable bonds is 2. The number of amides is 2. The number of carbonyl (C=O) groups excluding carboxylic acids is 2. The average Bonchev–Trinajstić information content (AvgIpc) is 2.84. The lowest BCUT2D eigenvalue weighted by Gasteiger charge is -2.10. The van der Waals surface area contributed by atoms with Crippen LogP contribution in [0.1, 0.15) is 22.8 Å². The monoisotopic (exact) mass is 306 g/mol. The van der Waals surface area contributed by atoms with E-state index in [1.54, 1.807) is 25.1 Å². The fourth-order valence-electron chi connectivity index (χ4n) is 2.31. The van der Waals surface area contributed by atoms with Crippen LogP contribution in [-0.2, 0) is 4.79 Å². The van der Waals surface area contributed by atoms with Crippen LogP contribution in [-0.4, -0.2) is 27.6 Å². The number of benzene rings is 2. The zero-order valence-corrected chi connectivity index (χ0v) is 12.4. The lowest BCUT2D eigenvalue weighted by atomic mass is 10.1. The van der Waals surface area contributed by atoms with E-state index in [1.165, 1.54) is 12.1 Å². The summed E-state index contributed by atoms with van der Waals surface area (Å²) in [6.07, 6.45) is 1.69. The van der Waals surface area contributed by atoms with Gasteiger partial charge in [0.2, 0.25) is 0 Å². The first-order valence-electron chi connectivity index (χ1n) is 7.07. The van der Waals surface area contributed by atoms with Crippen LogP contribution in [0.4, 0.5) is 0 Å². The second-order valence-electron chi connectivity index (χ2n) is 5.09. The molecule has 2 aromatic carbocycles. The predicted molar refractivity (Wildman–Crippen MR) is 86.8 cm³/mol. The lowest BCUT2D eigenvalue weighted by Crippen LogP contribution is -2.29. The molecule has 0 unspecified atom stereocenters. The SMILES string of the molecule is CC1=NN(C(=O)c2ccccc2O)C(=O)/C1=C\c1ccccc1. The number of hydrogen-bond donors (Lipinski definition) is 1. The van der Waals surface area contributed by atoms with Crippen LogP contribution in [0.2, 0.25) is 0 Å². The molecule has 2 amide bonds. The second kappa shape index (κ2) is 5.88. The van der Waals surface area contributed by atoms with Crippen molar-refractivity contribution in [2.45, 2.75) is 6.92 Å². The Bertz CT molecular complexity index is 838. The number of imide groups is 1. The molecule has 3 rings (SSSR count). The van der Waals surface area contributed by atoms with Crippen molar-refractivity contribution < 1.29 is 14.7 Å². The Morgan fingerprint density at radius 3 is 2.43 bits per heavy atom. The van der Waals surface area contributed by atoms with Crippen LogP contribution in [0.25, 0.3) is 6.08 Å². The molecule has 0 aromatic heterocycles.